The molecule has 0 unspecified atom stereocenters. The van der Waals surface area contributed by atoms with E-state index in [4.69, 9.17) is 5.11 Å². The van der Waals surface area contributed by atoms with Gasteiger partial charge in [0.25, 0.3) is 5.69 Å². The smallest absolute Gasteiger partial charge is 0.339 e. The first-order chi connectivity index (χ1) is 8.90. The van der Waals surface area contributed by atoms with Gasteiger partial charge >= 0.3 is 5.97 Å². The Morgan fingerprint density at radius 3 is 2.58 bits per heavy atom. The van der Waals surface area contributed by atoms with Crippen molar-refractivity contribution < 1.29 is 14.8 Å². The van der Waals surface area contributed by atoms with Crippen molar-refractivity contribution in [2.75, 3.05) is 0 Å². The normalized spacial score (nSPS) is 10.4. The highest BCUT2D eigenvalue weighted by atomic mass is 16.6. The monoisotopic (exact) mass is 261 g/mol. The molecule has 0 aliphatic carbocycles. The van der Waals surface area contributed by atoms with Crippen LogP contribution in [0.3, 0.4) is 0 Å². The largest absolute Gasteiger partial charge is 0.478 e. The molecule has 0 radical (unpaired) electrons. The van der Waals surface area contributed by atoms with Crippen molar-refractivity contribution in [1.82, 2.24) is 9.78 Å². The molecule has 0 fully saturated rings. The maximum absolute atomic E-state index is 11.0. The van der Waals surface area contributed by atoms with Gasteiger partial charge in [-0.3, -0.25) is 10.1 Å². The Bertz CT molecular complexity index is 676. The zero-order valence-electron chi connectivity index (χ0n) is 10.3. The van der Waals surface area contributed by atoms with E-state index in [1.807, 2.05) is 0 Å². The molecule has 0 spiro atoms. The highest BCUT2D eigenvalue weighted by Crippen LogP contribution is 2.21. The first-order valence-electron chi connectivity index (χ1n) is 5.45. The Hall–Kier alpha value is -2.70. The molecule has 0 amide bonds. The number of carboxylic acid groups (broad SMARTS) is 1. The van der Waals surface area contributed by atoms with E-state index in [1.54, 1.807) is 19.9 Å². The van der Waals surface area contributed by atoms with Crippen molar-refractivity contribution in [3.8, 4) is 5.69 Å². The minimum Gasteiger partial charge on any atom is -0.478 e. The number of aryl methyl sites for hydroxylation is 2. The molecule has 98 valence electrons. The van der Waals surface area contributed by atoms with Crippen molar-refractivity contribution in [3.63, 3.8) is 0 Å². The third kappa shape index (κ3) is 2.30. The van der Waals surface area contributed by atoms with Crippen LogP contribution in [0.1, 0.15) is 21.6 Å². The van der Waals surface area contributed by atoms with Gasteiger partial charge in [-0.05, 0) is 25.5 Å². The molecule has 2 aromatic rings. The van der Waals surface area contributed by atoms with Gasteiger partial charge in [0.15, 0.2) is 0 Å². The van der Waals surface area contributed by atoms with E-state index < -0.39 is 10.9 Å². The highest BCUT2D eigenvalue weighted by Gasteiger charge is 2.15. The van der Waals surface area contributed by atoms with E-state index in [9.17, 15) is 14.9 Å². The fourth-order valence-electron chi connectivity index (χ4n) is 1.80. The standard InChI is InChI=1S/C12H11N3O4/c1-7-5-9(15(18)19)3-4-11(7)14-6-10(12(16)17)8(2)13-14/h3-6H,1-2H3,(H,16,17). The molecule has 0 aliphatic rings. The summed E-state index contributed by atoms with van der Waals surface area (Å²) in [6, 6.07) is 4.33. The molecule has 0 saturated carbocycles. The number of nitro benzene ring substituents is 1. The predicted molar refractivity (Wildman–Crippen MR) is 66.7 cm³/mol. The molecular formula is C12H11N3O4. The van der Waals surface area contributed by atoms with Crippen LogP contribution in [0.25, 0.3) is 5.69 Å². The number of non-ortho nitro benzene ring substituents is 1. The van der Waals surface area contributed by atoms with Crippen molar-refractivity contribution >= 4 is 11.7 Å². The Labute approximate surface area is 108 Å². The molecule has 2 rings (SSSR count). The Kier molecular flexibility index (Phi) is 3.04. The van der Waals surface area contributed by atoms with E-state index in [2.05, 4.69) is 5.10 Å². The highest BCUT2D eigenvalue weighted by molar-refractivity contribution is 5.88. The molecule has 1 aromatic heterocycles. The maximum atomic E-state index is 11.0. The number of carbonyl (C=O) groups is 1. The van der Waals surface area contributed by atoms with Gasteiger partial charge in [-0.1, -0.05) is 0 Å². The van der Waals surface area contributed by atoms with Crippen molar-refractivity contribution in [3.05, 3.63) is 51.3 Å². The van der Waals surface area contributed by atoms with E-state index in [-0.39, 0.29) is 11.3 Å². The van der Waals surface area contributed by atoms with Crippen molar-refractivity contribution in [2.24, 2.45) is 0 Å². The number of nitro groups is 1. The lowest BCUT2D eigenvalue weighted by Gasteiger charge is -2.05. The molecule has 1 N–H and O–H groups in total. The van der Waals surface area contributed by atoms with Gasteiger partial charge in [-0.15, -0.1) is 0 Å². The minimum absolute atomic E-state index is 0.0106. The lowest BCUT2D eigenvalue weighted by molar-refractivity contribution is -0.384. The van der Waals surface area contributed by atoms with E-state index in [0.717, 1.165) is 0 Å². The Morgan fingerprint density at radius 1 is 1.42 bits per heavy atom. The summed E-state index contributed by atoms with van der Waals surface area (Å²) in [6.45, 7) is 3.31. The van der Waals surface area contributed by atoms with Crippen molar-refractivity contribution in [2.45, 2.75) is 13.8 Å². The van der Waals surface area contributed by atoms with Crippen LogP contribution < -0.4 is 0 Å². The van der Waals surface area contributed by atoms with Gasteiger partial charge in [0.05, 0.1) is 16.3 Å². The molecule has 7 nitrogen and oxygen atoms in total. The minimum atomic E-state index is -1.05. The Morgan fingerprint density at radius 2 is 2.11 bits per heavy atom. The zero-order chi connectivity index (χ0) is 14.2. The van der Waals surface area contributed by atoms with Crippen molar-refractivity contribution in [1.29, 1.82) is 0 Å². The second kappa shape index (κ2) is 4.52. The van der Waals surface area contributed by atoms with Crippen LogP contribution in [0.4, 0.5) is 5.69 Å². The van der Waals surface area contributed by atoms with Gasteiger partial charge in [-0.25, -0.2) is 9.48 Å². The fourth-order valence-corrected chi connectivity index (χ4v) is 1.80. The lowest BCUT2D eigenvalue weighted by Crippen LogP contribution is -1.99. The molecule has 0 atom stereocenters. The van der Waals surface area contributed by atoms with Gasteiger partial charge in [0, 0.05) is 18.3 Å². The van der Waals surface area contributed by atoms with Crippen LogP contribution >= 0.6 is 0 Å². The summed E-state index contributed by atoms with van der Waals surface area (Å²) < 4.78 is 1.41. The summed E-state index contributed by atoms with van der Waals surface area (Å²) in [7, 11) is 0. The van der Waals surface area contributed by atoms with Crippen LogP contribution in [-0.2, 0) is 0 Å². The number of hydrogen-bond acceptors (Lipinski definition) is 4. The van der Waals surface area contributed by atoms with Crippen LogP contribution in [0, 0.1) is 24.0 Å². The summed E-state index contributed by atoms with van der Waals surface area (Å²) in [4.78, 5) is 21.1. The molecular weight excluding hydrogens is 250 g/mol. The van der Waals surface area contributed by atoms with Gasteiger partial charge in [0.1, 0.15) is 5.56 Å². The number of aromatic nitrogens is 2. The second-order valence-electron chi connectivity index (χ2n) is 4.11. The maximum Gasteiger partial charge on any atom is 0.339 e. The second-order valence-corrected chi connectivity index (χ2v) is 4.11. The molecule has 0 aliphatic heterocycles. The number of rotatable bonds is 3. The van der Waals surface area contributed by atoms with Gasteiger partial charge in [0.2, 0.25) is 0 Å². The number of benzene rings is 1. The number of nitrogens with zero attached hydrogens (tertiary/aromatic N) is 3. The number of carboxylic acids is 1. The van der Waals surface area contributed by atoms with E-state index >= 15 is 0 Å². The average Bonchev–Trinajstić information content (AvgIpc) is 2.71. The van der Waals surface area contributed by atoms with Crippen LogP contribution in [-0.4, -0.2) is 25.8 Å². The first-order valence-corrected chi connectivity index (χ1v) is 5.45. The van der Waals surface area contributed by atoms with Gasteiger partial charge < -0.3 is 5.11 Å². The molecule has 0 bridgehead atoms. The molecule has 7 heteroatoms. The summed E-state index contributed by atoms with van der Waals surface area (Å²) in [5, 5.41) is 23.7. The third-order valence-corrected chi connectivity index (χ3v) is 2.77. The summed E-state index contributed by atoms with van der Waals surface area (Å²) in [5.74, 6) is -1.05. The van der Waals surface area contributed by atoms with Crippen LogP contribution in [0.2, 0.25) is 0 Å². The number of hydrogen-bond donors (Lipinski definition) is 1. The first kappa shape index (κ1) is 12.7. The predicted octanol–water partition coefficient (Wildman–Crippen LogP) is 2.10. The average molecular weight is 261 g/mol. The van der Waals surface area contributed by atoms with Crippen LogP contribution in [0.5, 0.6) is 0 Å². The molecule has 1 aromatic carbocycles. The Balaban J connectivity index is 2.50. The summed E-state index contributed by atoms with van der Waals surface area (Å²) in [6.07, 6.45) is 1.39. The number of aromatic carboxylic acids is 1. The van der Waals surface area contributed by atoms with Gasteiger partial charge in [-0.2, -0.15) is 5.10 Å². The molecule has 1 heterocycles. The third-order valence-electron chi connectivity index (χ3n) is 2.77. The van der Waals surface area contributed by atoms with Crippen LogP contribution in [0.15, 0.2) is 24.4 Å². The summed E-state index contributed by atoms with van der Waals surface area (Å²) >= 11 is 0. The lowest BCUT2D eigenvalue weighted by atomic mass is 10.2. The molecule has 0 saturated heterocycles. The van der Waals surface area contributed by atoms with E-state index in [1.165, 1.54) is 23.0 Å². The quantitative estimate of drug-likeness (QED) is 0.673. The SMILES string of the molecule is Cc1cc([N+](=O)[O-])ccc1-n1cc(C(=O)O)c(C)n1. The zero-order valence-corrected chi connectivity index (χ0v) is 10.3. The topological polar surface area (TPSA) is 98.3 Å². The fraction of sp³-hybridized carbons (Fsp3) is 0.167. The summed E-state index contributed by atoms with van der Waals surface area (Å²) in [5.41, 5.74) is 1.75. The van der Waals surface area contributed by atoms with E-state index in [0.29, 0.717) is 16.9 Å². The molecule has 19 heavy (non-hydrogen) atoms.